The van der Waals surface area contributed by atoms with E-state index in [0.717, 1.165) is 24.2 Å². The monoisotopic (exact) mass is 366 g/mol. The second-order valence-electron chi connectivity index (χ2n) is 6.48. The summed E-state index contributed by atoms with van der Waals surface area (Å²) in [6.45, 7) is 0.572. The molecular formula is C21H19FN2O3. The van der Waals surface area contributed by atoms with E-state index >= 15 is 0 Å². The summed E-state index contributed by atoms with van der Waals surface area (Å²) in [4.78, 5) is 14.6. The molecule has 138 valence electrons. The Labute approximate surface area is 156 Å². The number of hydrogen-bond donors (Lipinski definition) is 0. The summed E-state index contributed by atoms with van der Waals surface area (Å²) in [6.07, 6.45) is 1.56. The Morgan fingerprint density at radius 1 is 1.22 bits per heavy atom. The highest BCUT2D eigenvalue weighted by atomic mass is 19.1. The third kappa shape index (κ3) is 3.30. The fourth-order valence-corrected chi connectivity index (χ4v) is 3.49. The van der Waals surface area contributed by atoms with Crippen molar-refractivity contribution in [2.24, 2.45) is 0 Å². The molecule has 1 aliphatic rings. The van der Waals surface area contributed by atoms with Crippen LogP contribution in [0.5, 0.6) is 5.75 Å². The quantitative estimate of drug-likeness (QED) is 0.684. The Bertz CT molecular complexity index is 952. The Kier molecular flexibility index (Phi) is 4.62. The van der Waals surface area contributed by atoms with Crippen LogP contribution in [0.25, 0.3) is 11.3 Å². The molecule has 0 saturated carbocycles. The van der Waals surface area contributed by atoms with Crippen LogP contribution in [0.1, 0.15) is 34.9 Å². The van der Waals surface area contributed by atoms with Gasteiger partial charge in [-0.25, -0.2) is 4.39 Å². The lowest BCUT2D eigenvalue weighted by Crippen LogP contribution is -2.31. The summed E-state index contributed by atoms with van der Waals surface area (Å²) < 4.78 is 24.7. The minimum absolute atomic E-state index is 0.226. The van der Waals surface area contributed by atoms with Crippen LogP contribution in [0.2, 0.25) is 0 Å². The van der Waals surface area contributed by atoms with Crippen LogP contribution in [0.4, 0.5) is 4.39 Å². The molecule has 4 rings (SSSR count). The predicted molar refractivity (Wildman–Crippen MR) is 97.9 cm³/mol. The lowest BCUT2D eigenvalue weighted by Gasteiger charge is -2.24. The first-order chi connectivity index (χ1) is 13.2. The molecule has 0 aliphatic carbocycles. The largest absolute Gasteiger partial charge is 0.497 e. The van der Waals surface area contributed by atoms with Crippen LogP contribution in [-0.4, -0.2) is 29.6 Å². The van der Waals surface area contributed by atoms with Crippen molar-refractivity contribution in [3.8, 4) is 17.1 Å². The highest BCUT2D eigenvalue weighted by Crippen LogP contribution is 2.34. The Morgan fingerprint density at radius 2 is 2.00 bits per heavy atom. The van der Waals surface area contributed by atoms with Gasteiger partial charge in [0.2, 0.25) is 0 Å². The van der Waals surface area contributed by atoms with Crippen molar-refractivity contribution in [3.05, 3.63) is 71.7 Å². The standard InChI is InChI=1S/C21H19FN2O3/c1-26-15-10-8-14(9-11-15)20-13-18(23-27-20)21(25)24-12-4-7-19(24)16-5-2-3-6-17(16)22/h2-3,5-6,8-11,13,19H,4,7,12H2,1H3/t19-/m0/s1. The van der Waals surface area contributed by atoms with Gasteiger partial charge in [-0.05, 0) is 43.2 Å². The van der Waals surface area contributed by atoms with Crippen molar-refractivity contribution < 1.29 is 18.4 Å². The van der Waals surface area contributed by atoms with Crippen LogP contribution in [0.15, 0.2) is 59.1 Å². The smallest absolute Gasteiger partial charge is 0.276 e. The third-order valence-corrected chi connectivity index (χ3v) is 4.88. The Hall–Kier alpha value is -3.15. The first-order valence-corrected chi connectivity index (χ1v) is 8.84. The topological polar surface area (TPSA) is 55.6 Å². The van der Waals surface area contributed by atoms with Crippen molar-refractivity contribution in [3.63, 3.8) is 0 Å². The number of aromatic nitrogens is 1. The molecule has 2 heterocycles. The van der Waals surface area contributed by atoms with Crippen molar-refractivity contribution in [1.82, 2.24) is 10.1 Å². The second-order valence-corrected chi connectivity index (χ2v) is 6.48. The molecule has 0 N–H and O–H groups in total. The molecule has 1 aromatic heterocycles. The maximum atomic E-state index is 14.2. The molecule has 1 saturated heterocycles. The first kappa shape index (κ1) is 17.3. The zero-order chi connectivity index (χ0) is 18.8. The van der Waals surface area contributed by atoms with Crippen LogP contribution in [0, 0.1) is 5.82 Å². The lowest BCUT2D eigenvalue weighted by molar-refractivity contribution is 0.0723. The van der Waals surface area contributed by atoms with Gasteiger partial charge in [-0.15, -0.1) is 0 Å². The molecule has 2 aromatic carbocycles. The summed E-state index contributed by atoms with van der Waals surface area (Å²) in [7, 11) is 1.60. The van der Waals surface area contributed by atoms with E-state index in [9.17, 15) is 9.18 Å². The minimum Gasteiger partial charge on any atom is -0.497 e. The second kappa shape index (κ2) is 7.23. The number of amides is 1. The van der Waals surface area contributed by atoms with Gasteiger partial charge in [-0.2, -0.15) is 0 Å². The van der Waals surface area contributed by atoms with Gasteiger partial charge in [0.1, 0.15) is 11.6 Å². The molecule has 3 aromatic rings. The molecule has 0 radical (unpaired) electrons. The van der Waals surface area contributed by atoms with Gasteiger partial charge >= 0.3 is 0 Å². The number of carbonyl (C=O) groups excluding carboxylic acids is 1. The van der Waals surface area contributed by atoms with Gasteiger partial charge in [-0.1, -0.05) is 23.4 Å². The van der Waals surface area contributed by atoms with Gasteiger partial charge in [0.25, 0.3) is 5.91 Å². The summed E-state index contributed by atoms with van der Waals surface area (Å²) in [6, 6.07) is 15.3. The van der Waals surface area contributed by atoms with Crippen molar-refractivity contribution in [2.45, 2.75) is 18.9 Å². The van der Waals surface area contributed by atoms with Gasteiger partial charge in [0, 0.05) is 23.7 Å². The normalized spacial score (nSPS) is 16.5. The number of methoxy groups -OCH3 is 1. The predicted octanol–water partition coefficient (Wildman–Crippen LogP) is 4.47. The number of ether oxygens (including phenoxy) is 1. The number of benzene rings is 2. The van der Waals surface area contributed by atoms with E-state index in [0.29, 0.717) is 17.9 Å². The number of rotatable bonds is 4. The summed E-state index contributed by atoms with van der Waals surface area (Å²) >= 11 is 0. The molecule has 0 bridgehead atoms. The number of likely N-dealkylation sites (tertiary alicyclic amines) is 1. The SMILES string of the molecule is COc1ccc(-c2cc(C(=O)N3CCC[C@H]3c3ccccc3F)no2)cc1. The van der Waals surface area contributed by atoms with Crippen molar-refractivity contribution in [1.29, 1.82) is 0 Å². The van der Waals surface area contributed by atoms with Crippen molar-refractivity contribution >= 4 is 5.91 Å². The highest BCUT2D eigenvalue weighted by molar-refractivity contribution is 5.93. The first-order valence-electron chi connectivity index (χ1n) is 8.84. The molecule has 0 spiro atoms. The maximum absolute atomic E-state index is 14.2. The van der Waals surface area contributed by atoms with E-state index in [1.807, 2.05) is 24.3 Å². The zero-order valence-electron chi connectivity index (χ0n) is 14.9. The summed E-state index contributed by atoms with van der Waals surface area (Å²) in [5.41, 5.74) is 1.57. The zero-order valence-corrected chi connectivity index (χ0v) is 14.9. The van der Waals surface area contributed by atoms with E-state index < -0.39 is 0 Å². The molecule has 27 heavy (non-hydrogen) atoms. The lowest BCUT2D eigenvalue weighted by atomic mass is 10.0. The van der Waals surface area contributed by atoms with Gasteiger partial charge in [0.15, 0.2) is 11.5 Å². The Balaban J connectivity index is 1.57. The van der Waals surface area contributed by atoms with Crippen LogP contribution in [0.3, 0.4) is 0 Å². The average Bonchev–Trinajstić information content (AvgIpc) is 3.38. The van der Waals surface area contributed by atoms with Crippen LogP contribution >= 0.6 is 0 Å². The van der Waals surface area contributed by atoms with Gasteiger partial charge in [0.05, 0.1) is 13.2 Å². The van der Waals surface area contributed by atoms with Gasteiger partial charge in [-0.3, -0.25) is 4.79 Å². The maximum Gasteiger partial charge on any atom is 0.276 e. The molecular weight excluding hydrogens is 347 g/mol. The van der Waals surface area contributed by atoms with Gasteiger partial charge < -0.3 is 14.2 Å². The summed E-state index contributed by atoms with van der Waals surface area (Å²) in [5.74, 6) is 0.701. The molecule has 1 atom stereocenters. The van der Waals surface area contributed by atoms with Crippen molar-refractivity contribution in [2.75, 3.05) is 13.7 Å². The fourth-order valence-electron chi connectivity index (χ4n) is 3.49. The van der Waals surface area contributed by atoms with E-state index in [1.165, 1.54) is 6.07 Å². The molecule has 1 fully saturated rings. The molecule has 6 heteroatoms. The molecule has 1 aliphatic heterocycles. The third-order valence-electron chi connectivity index (χ3n) is 4.88. The van der Waals surface area contributed by atoms with Crippen LogP contribution in [-0.2, 0) is 0 Å². The molecule has 5 nitrogen and oxygen atoms in total. The number of carbonyl (C=O) groups is 1. The number of halogens is 1. The van der Waals surface area contributed by atoms with E-state index in [2.05, 4.69) is 5.16 Å². The number of hydrogen-bond acceptors (Lipinski definition) is 4. The average molecular weight is 366 g/mol. The van der Waals surface area contributed by atoms with E-state index in [1.54, 1.807) is 36.3 Å². The minimum atomic E-state index is -0.290. The molecule has 1 amide bonds. The van der Waals surface area contributed by atoms with E-state index in [-0.39, 0.29) is 23.5 Å². The molecule has 0 unspecified atom stereocenters. The number of nitrogens with zero attached hydrogens (tertiary/aromatic N) is 2. The van der Waals surface area contributed by atoms with E-state index in [4.69, 9.17) is 9.26 Å². The van der Waals surface area contributed by atoms with Crippen LogP contribution < -0.4 is 4.74 Å². The fraction of sp³-hybridized carbons (Fsp3) is 0.238. The highest BCUT2D eigenvalue weighted by Gasteiger charge is 2.33. The Morgan fingerprint density at radius 3 is 2.74 bits per heavy atom. The summed E-state index contributed by atoms with van der Waals surface area (Å²) in [5, 5.41) is 3.94.